The molecule has 0 saturated carbocycles. The van der Waals surface area contributed by atoms with Crippen molar-refractivity contribution in [2.75, 3.05) is 30.9 Å². The van der Waals surface area contributed by atoms with E-state index in [1.165, 1.54) is 20.8 Å². The minimum Gasteiger partial charge on any atom is -0.444 e. The Morgan fingerprint density at radius 1 is 1.36 bits per heavy atom. The van der Waals surface area contributed by atoms with Crippen LogP contribution in [0.4, 0.5) is 10.5 Å². The molecule has 0 radical (unpaired) electrons. The summed E-state index contributed by atoms with van der Waals surface area (Å²) in [4.78, 5) is 17.2. The standard InChI is InChI=1S/C19H24IN3O2/c1-13-11-17(15-6-5-14(20)12-16(15)21-13)22-7-9-23(10-8-22)18(24)25-19(2,3)4/h5-6,11-12H,7-10H2,1-4H3/i1D3,5D,6D,7D2,9D2,10D2,11D,12D. The van der Waals surface area contributed by atoms with Crippen LogP contribution in [-0.2, 0) is 4.74 Å². The van der Waals surface area contributed by atoms with Crippen molar-refractivity contribution in [2.24, 2.45) is 0 Å². The maximum absolute atomic E-state index is 12.9. The number of halogens is 1. The predicted molar refractivity (Wildman–Crippen MR) is 109 cm³/mol. The Morgan fingerprint density at radius 3 is 2.88 bits per heavy atom. The fourth-order valence-electron chi connectivity index (χ4n) is 2.03. The third-order valence-electron chi connectivity index (χ3n) is 2.99. The summed E-state index contributed by atoms with van der Waals surface area (Å²) in [6, 6.07) is -2.55. The van der Waals surface area contributed by atoms with Crippen LogP contribution >= 0.6 is 22.6 Å². The van der Waals surface area contributed by atoms with Crippen LogP contribution in [0.3, 0.4) is 0 Å². The molecule has 0 atom stereocenters. The summed E-state index contributed by atoms with van der Waals surface area (Å²) in [6.45, 7) is -9.55. The number of hydrogen-bond acceptors (Lipinski definition) is 4. The number of aromatic nitrogens is 1. The van der Waals surface area contributed by atoms with Crippen LogP contribution in [0.5, 0.6) is 0 Å². The molecular weight excluding hydrogens is 429 g/mol. The van der Waals surface area contributed by atoms with Crippen LogP contribution in [0.25, 0.3) is 10.9 Å². The quantitative estimate of drug-likeness (QED) is 0.591. The molecule has 0 N–H and O–H groups in total. The summed E-state index contributed by atoms with van der Waals surface area (Å²) in [6.07, 6.45) is -1.48. The van der Waals surface area contributed by atoms with Gasteiger partial charge in [-0.15, -0.1) is 0 Å². The van der Waals surface area contributed by atoms with Crippen molar-refractivity contribution in [2.45, 2.75) is 33.2 Å². The number of ether oxygens (including phenoxy) is 1. The van der Waals surface area contributed by atoms with Crippen molar-refractivity contribution in [1.82, 2.24) is 9.88 Å². The van der Waals surface area contributed by atoms with E-state index in [0.717, 1.165) is 0 Å². The molecule has 1 saturated heterocycles. The molecule has 2 heterocycles. The molecule has 0 aliphatic carbocycles. The molecule has 1 aliphatic heterocycles. The highest BCUT2D eigenvalue weighted by atomic mass is 127. The first-order valence-corrected chi connectivity index (χ1v) is 8.37. The fourth-order valence-corrected chi connectivity index (χ4v) is 2.42. The Bertz CT molecular complexity index is 1320. The number of carbonyl (C=O) groups excluding carboxylic acids is 1. The molecule has 1 aromatic carbocycles. The molecule has 1 fully saturated rings. The minimum absolute atomic E-state index is 0.0181. The number of aryl methyl sites for hydroxylation is 1. The van der Waals surface area contributed by atoms with Crippen molar-refractivity contribution in [3.8, 4) is 0 Å². The first-order valence-electron chi connectivity index (χ1n) is 13.8. The normalized spacial score (nSPS) is 29.7. The van der Waals surface area contributed by atoms with Crippen molar-refractivity contribution in [3.63, 3.8) is 0 Å². The number of amides is 1. The van der Waals surface area contributed by atoms with E-state index in [4.69, 9.17) is 22.6 Å². The van der Waals surface area contributed by atoms with Gasteiger partial charge in [0.25, 0.3) is 0 Å². The molecule has 1 amide bonds. The summed E-state index contributed by atoms with van der Waals surface area (Å²) in [5.74, 6) is 0. The average Bonchev–Trinajstić information content (AvgIpc) is 2.70. The maximum atomic E-state index is 12.9. The average molecular weight is 466 g/mol. The molecule has 1 aromatic heterocycles. The van der Waals surface area contributed by atoms with Crippen LogP contribution in [0.1, 0.15) is 44.3 Å². The molecule has 134 valence electrons. The Kier molecular flexibility index (Phi) is 2.23. The highest BCUT2D eigenvalue weighted by Crippen LogP contribution is 2.29. The van der Waals surface area contributed by atoms with E-state index in [0.29, 0.717) is 4.90 Å². The second-order valence-corrected chi connectivity index (χ2v) is 7.21. The van der Waals surface area contributed by atoms with E-state index in [9.17, 15) is 4.79 Å². The molecule has 0 bridgehead atoms. The zero-order valence-corrected chi connectivity index (χ0v) is 15.9. The number of nitrogens with zero attached hydrogens (tertiary/aromatic N) is 3. The van der Waals surface area contributed by atoms with Crippen molar-refractivity contribution >= 4 is 45.3 Å². The molecule has 0 unspecified atom stereocenters. The predicted octanol–water partition coefficient (Wildman–Crippen LogP) is 4.20. The second-order valence-electron chi connectivity index (χ2n) is 6.13. The molecule has 5 nitrogen and oxygen atoms in total. The zero-order chi connectivity index (χ0) is 29.5. The molecule has 0 spiro atoms. The van der Waals surface area contributed by atoms with Gasteiger partial charge in [0.05, 0.1) is 19.2 Å². The SMILES string of the molecule is [2H]c1c(I)c([2H])c2nc(C([2H])([2H])[2H])c([2H])c(N3CC([2H])([2H])N(C(=O)OC(C)(C)C)C([2H])([2H])C3([2H])[2H])c2c1[2H]. The van der Waals surface area contributed by atoms with Crippen molar-refractivity contribution < 1.29 is 27.4 Å². The molecule has 3 rings (SSSR count). The van der Waals surface area contributed by atoms with Crippen LogP contribution in [0.15, 0.2) is 24.2 Å². The number of benzene rings is 1. The lowest BCUT2D eigenvalue weighted by Gasteiger charge is -2.37. The number of carbonyl (C=O) groups is 1. The molecule has 2 aromatic rings. The maximum Gasteiger partial charge on any atom is 0.410 e. The third kappa shape index (κ3) is 4.34. The fraction of sp³-hybridized carbons (Fsp3) is 0.474. The number of pyridine rings is 1. The van der Waals surface area contributed by atoms with Gasteiger partial charge in [0.2, 0.25) is 0 Å². The van der Waals surface area contributed by atoms with Gasteiger partial charge in [-0.1, -0.05) is 0 Å². The van der Waals surface area contributed by atoms with E-state index >= 15 is 0 Å². The van der Waals surface area contributed by atoms with Gasteiger partial charge in [-0.3, -0.25) is 4.98 Å². The monoisotopic (exact) mass is 466 g/mol. The topological polar surface area (TPSA) is 45.7 Å². The molecular formula is C19H24IN3O2. The smallest absolute Gasteiger partial charge is 0.410 e. The van der Waals surface area contributed by atoms with Crippen LogP contribution in [0.2, 0.25) is 0 Å². The van der Waals surface area contributed by atoms with Crippen molar-refractivity contribution in [3.05, 3.63) is 33.4 Å². The third-order valence-corrected chi connectivity index (χ3v) is 3.53. The molecule has 6 heteroatoms. The van der Waals surface area contributed by atoms with E-state index in [1.54, 1.807) is 22.6 Å². The number of hydrogen-bond donors (Lipinski definition) is 0. The Morgan fingerprint density at radius 2 is 2.16 bits per heavy atom. The van der Waals surface area contributed by atoms with Crippen LogP contribution in [-0.4, -0.2) is 47.6 Å². The lowest BCUT2D eigenvalue weighted by molar-refractivity contribution is 0.0240. The lowest BCUT2D eigenvalue weighted by Crippen LogP contribution is -2.50. The number of rotatable bonds is 1. The van der Waals surface area contributed by atoms with E-state index in [-0.39, 0.29) is 8.47 Å². The first-order chi connectivity index (χ1) is 16.9. The molecule has 1 aliphatic rings. The summed E-state index contributed by atoms with van der Waals surface area (Å²) in [5.41, 5.74) is -3.23. The van der Waals surface area contributed by atoms with Gasteiger partial charge in [0.1, 0.15) is 5.60 Å². The largest absolute Gasteiger partial charge is 0.444 e. The van der Waals surface area contributed by atoms with Crippen LogP contribution < -0.4 is 4.90 Å². The summed E-state index contributed by atoms with van der Waals surface area (Å²) >= 11 is 1.60. The summed E-state index contributed by atoms with van der Waals surface area (Å²) in [7, 11) is 0. The Balaban J connectivity index is 2.44. The molecule has 25 heavy (non-hydrogen) atoms. The van der Waals surface area contributed by atoms with Crippen LogP contribution in [0, 0.1) is 10.4 Å². The van der Waals surface area contributed by atoms with Gasteiger partial charge >= 0.3 is 6.09 Å². The summed E-state index contributed by atoms with van der Waals surface area (Å²) in [5, 5.41) is -0.486. The zero-order valence-electron chi connectivity index (χ0n) is 26.7. The van der Waals surface area contributed by atoms with Gasteiger partial charge in [0.15, 0.2) is 0 Å². The van der Waals surface area contributed by atoms with Gasteiger partial charge in [-0.25, -0.2) is 4.79 Å². The van der Waals surface area contributed by atoms with E-state index < -0.39 is 91.0 Å². The van der Waals surface area contributed by atoms with Gasteiger partial charge in [-0.05, 0) is 74.4 Å². The van der Waals surface area contributed by atoms with E-state index in [2.05, 4.69) is 4.98 Å². The highest BCUT2D eigenvalue weighted by Gasteiger charge is 2.26. The van der Waals surface area contributed by atoms with Gasteiger partial charge in [-0.2, -0.15) is 0 Å². The number of fused-ring (bicyclic) bond motifs is 1. The first kappa shape index (κ1) is 7.98. The minimum atomic E-state index is -3.46. The van der Waals surface area contributed by atoms with Crippen molar-refractivity contribution in [1.29, 1.82) is 0 Å². The van der Waals surface area contributed by atoms with E-state index in [1.807, 2.05) is 0 Å². The number of piperazine rings is 1. The van der Waals surface area contributed by atoms with Gasteiger partial charge < -0.3 is 14.5 Å². The summed E-state index contributed by atoms with van der Waals surface area (Å²) < 4.78 is 114. The highest BCUT2D eigenvalue weighted by molar-refractivity contribution is 14.1. The second kappa shape index (κ2) is 6.97. The Hall–Kier alpha value is -1.57. The Labute approximate surface area is 180 Å². The van der Waals surface area contributed by atoms with Gasteiger partial charge in [0, 0.05) is 50.5 Å². The number of anilines is 1. The lowest BCUT2D eigenvalue weighted by atomic mass is 10.1.